The van der Waals surface area contributed by atoms with E-state index >= 15 is 0 Å². The molecule has 2 heterocycles. The standard InChI is InChI=1S/C16H17ClN4O2/c17-12-5-1-2-6-13(12)21-16(22)14-8-15(20-10-19-14)18-9-11-4-3-7-23-11/h1-2,5-6,8,10-11H,3-4,7,9H2,(H,21,22)(H,18,19,20). The Bertz CT molecular complexity index is 689. The highest BCUT2D eigenvalue weighted by Gasteiger charge is 2.16. The summed E-state index contributed by atoms with van der Waals surface area (Å²) in [4.78, 5) is 20.4. The SMILES string of the molecule is O=C(Nc1ccccc1Cl)c1cc(NCC2CCCO2)ncn1. The Morgan fingerprint density at radius 2 is 2.22 bits per heavy atom. The highest BCUT2D eigenvalue weighted by molar-refractivity contribution is 6.33. The number of anilines is 2. The van der Waals surface area contributed by atoms with E-state index in [1.165, 1.54) is 6.33 Å². The van der Waals surface area contributed by atoms with Crippen LogP contribution < -0.4 is 10.6 Å². The molecule has 1 fully saturated rings. The maximum atomic E-state index is 12.3. The molecule has 1 aliphatic rings. The molecule has 1 amide bonds. The number of nitrogens with one attached hydrogen (secondary N) is 2. The highest BCUT2D eigenvalue weighted by atomic mass is 35.5. The zero-order chi connectivity index (χ0) is 16.1. The van der Waals surface area contributed by atoms with Gasteiger partial charge >= 0.3 is 0 Å². The molecule has 0 bridgehead atoms. The molecular weight excluding hydrogens is 316 g/mol. The second kappa shape index (κ2) is 7.39. The lowest BCUT2D eigenvalue weighted by Gasteiger charge is -2.11. The number of hydrogen-bond donors (Lipinski definition) is 2. The minimum Gasteiger partial charge on any atom is -0.376 e. The number of nitrogens with zero attached hydrogens (tertiary/aromatic N) is 2. The first-order valence-corrected chi connectivity index (χ1v) is 7.83. The van der Waals surface area contributed by atoms with Crippen molar-refractivity contribution in [1.29, 1.82) is 0 Å². The lowest BCUT2D eigenvalue weighted by molar-refractivity contribution is 0.102. The first-order chi connectivity index (χ1) is 11.2. The van der Waals surface area contributed by atoms with Crippen molar-refractivity contribution in [3.05, 3.63) is 47.4 Å². The third kappa shape index (κ3) is 4.18. The normalized spacial score (nSPS) is 17.0. The topological polar surface area (TPSA) is 76.1 Å². The molecule has 0 radical (unpaired) electrons. The van der Waals surface area contributed by atoms with Crippen molar-refractivity contribution in [3.8, 4) is 0 Å². The van der Waals surface area contributed by atoms with E-state index in [0.717, 1.165) is 19.4 Å². The molecule has 120 valence electrons. The number of aromatic nitrogens is 2. The monoisotopic (exact) mass is 332 g/mol. The molecule has 0 aliphatic carbocycles. The number of rotatable bonds is 5. The van der Waals surface area contributed by atoms with Gasteiger partial charge in [0.25, 0.3) is 5.91 Å². The molecule has 2 N–H and O–H groups in total. The first kappa shape index (κ1) is 15.7. The van der Waals surface area contributed by atoms with Crippen LogP contribution in [0.4, 0.5) is 11.5 Å². The van der Waals surface area contributed by atoms with E-state index in [0.29, 0.717) is 23.1 Å². The van der Waals surface area contributed by atoms with E-state index in [-0.39, 0.29) is 17.7 Å². The van der Waals surface area contributed by atoms with E-state index in [1.54, 1.807) is 30.3 Å². The highest BCUT2D eigenvalue weighted by Crippen LogP contribution is 2.21. The van der Waals surface area contributed by atoms with Gasteiger partial charge in [-0.15, -0.1) is 0 Å². The summed E-state index contributed by atoms with van der Waals surface area (Å²) >= 11 is 6.04. The predicted octanol–water partition coefficient (Wildman–Crippen LogP) is 2.97. The van der Waals surface area contributed by atoms with Gasteiger partial charge in [-0.3, -0.25) is 4.79 Å². The second-order valence-corrected chi connectivity index (χ2v) is 5.65. The molecule has 1 aromatic heterocycles. The van der Waals surface area contributed by atoms with Gasteiger partial charge in [0, 0.05) is 19.2 Å². The fraction of sp³-hybridized carbons (Fsp3) is 0.312. The van der Waals surface area contributed by atoms with Gasteiger partial charge in [0.15, 0.2) is 0 Å². The Morgan fingerprint density at radius 1 is 1.35 bits per heavy atom. The van der Waals surface area contributed by atoms with Crippen LogP contribution in [0.25, 0.3) is 0 Å². The van der Waals surface area contributed by atoms with Gasteiger partial charge in [-0.2, -0.15) is 0 Å². The average molecular weight is 333 g/mol. The number of para-hydroxylation sites is 1. The zero-order valence-electron chi connectivity index (χ0n) is 12.5. The summed E-state index contributed by atoms with van der Waals surface area (Å²) in [7, 11) is 0. The van der Waals surface area contributed by atoms with E-state index in [9.17, 15) is 4.79 Å². The lowest BCUT2D eigenvalue weighted by Crippen LogP contribution is -2.20. The minimum atomic E-state index is -0.333. The third-order valence-electron chi connectivity index (χ3n) is 3.56. The number of benzene rings is 1. The van der Waals surface area contributed by atoms with Crippen LogP contribution in [-0.2, 0) is 4.74 Å². The van der Waals surface area contributed by atoms with Crippen LogP contribution in [0.15, 0.2) is 36.7 Å². The summed E-state index contributed by atoms with van der Waals surface area (Å²) in [5, 5.41) is 6.39. The maximum Gasteiger partial charge on any atom is 0.274 e. The van der Waals surface area contributed by atoms with Crippen molar-refractivity contribution in [3.63, 3.8) is 0 Å². The van der Waals surface area contributed by atoms with Crippen LogP contribution >= 0.6 is 11.6 Å². The molecule has 23 heavy (non-hydrogen) atoms. The summed E-state index contributed by atoms with van der Waals surface area (Å²) in [6.07, 6.45) is 3.68. The number of ether oxygens (including phenoxy) is 1. The molecule has 6 nitrogen and oxygen atoms in total. The fourth-order valence-corrected chi connectivity index (χ4v) is 2.53. The van der Waals surface area contributed by atoms with Gasteiger partial charge in [-0.25, -0.2) is 9.97 Å². The van der Waals surface area contributed by atoms with Crippen molar-refractivity contribution in [1.82, 2.24) is 9.97 Å². The predicted molar refractivity (Wildman–Crippen MR) is 88.9 cm³/mol. The Balaban J connectivity index is 1.64. The number of hydrogen-bond acceptors (Lipinski definition) is 5. The van der Waals surface area contributed by atoms with E-state index in [4.69, 9.17) is 16.3 Å². The van der Waals surface area contributed by atoms with E-state index < -0.39 is 0 Å². The molecular formula is C16H17ClN4O2. The molecule has 1 aromatic carbocycles. The van der Waals surface area contributed by atoms with Gasteiger partial charge in [-0.1, -0.05) is 23.7 Å². The number of carbonyl (C=O) groups excluding carboxylic acids is 1. The van der Waals surface area contributed by atoms with Gasteiger partial charge < -0.3 is 15.4 Å². The number of halogens is 1. The Labute approximate surface area is 139 Å². The third-order valence-corrected chi connectivity index (χ3v) is 3.89. The summed E-state index contributed by atoms with van der Waals surface area (Å²) in [5.41, 5.74) is 0.821. The van der Waals surface area contributed by atoms with Gasteiger partial charge in [-0.05, 0) is 25.0 Å². The molecule has 2 aromatic rings. The largest absolute Gasteiger partial charge is 0.376 e. The summed E-state index contributed by atoms with van der Waals surface area (Å²) < 4.78 is 5.54. The van der Waals surface area contributed by atoms with Crippen molar-refractivity contribution in [2.45, 2.75) is 18.9 Å². The maximum absolute atomic E-state index is 12.3. The molecule has 1 aliphatic heterocycles. The number of carbonyl (C=O) groups is 1. The van der Waals surface area contributed by atoms with E-state index in [1.807, 2.05) is 0 Å². The van der Waals surface area contributed by atoms with Crippen LogP contribution in [0.2, 0.25) is 5.02 Å². The Morgan fingerprint density at radius 3 is 3.00 bits per heavy atom. The smallest absolute Gasteiger partial charge is 0.274 e. The van der Waals surface area contributed by atoms with Gasteiger partial charge in [0.05, 0.1) is 16.8 Å². The molecule has 1 unspecified atom stereocenters. The van der Waals surface area contributed by atoms with E-state index in [2.05, 4.69) is 20.6 Å². The average Bonchev–Trinajstić information content (AvgIpc) is 3.09. The molecule has 1 saturated heterocycles. The van der Waals surface area contributed by atoms with Crippen LogP contribution in [0, 0.1) is 0 Å². The molecule has 0 spiro atoms. The zero-order valence-corrected chi connectivity index (χ0v) is 13.2. The van der Waals surface area contributed by atoms with Crippen LogP contribution in [-0.4, -0.2) is 35.1 Å². The Kier molecular flexibility index (Phi) is 5.05. The second-order valence-electron chi connectivity index (χ2n) is 5.24. The molecule has 1 atom stereocenters. The summed E-state index contributed by atoms with van der Waals surface area (Å²) in [5.74, 6) is 0.264. The van der Waals surface area contributed by atoms with Crippen molar-refractivity contribution in [2.75, 3.05) is 23.8 Å². The molecule has 7 heteroatoms. The van der Waals surface area contributed by atoms with Crippen LogP contribution in [0.1, 0.15) is 23.3 Å². The quantitative estimate of drug-likeness (QED) is 0.880. The molecule has 3 rings (SSSR count). The Hall–Kier alpha value is -2.18. The van der Waals surface area contributed by atoms with Crippen molar-refractivity contribution >= 4 is 29.0 Å². The van der Waals surface area contributed by atoms with Crippen molar-refractivity contribution < 1.29 is 9.53 Å². The minimum absolute atomic E-state index is 0.199. The van der Waals surface area contributed by atoms with Crippen LogP contribution in [0.5, 0.6) is 0 Å². The summed E-state index contributed by atoms with van der Waals surface area (Å²) in [6, 6.07) is 8.66. The van der Waals surface area contributed by atoms with Crippen LogP contribution in [0.3, 0.4) is 0 Å². The molecule has 0 saturated carbocycles. The fourth-order valence-electron chi connectivity index (χ4n) is 2.35. The van der Waals surface area contributed by atoms with Gasteiger partial charge in [0.1, 0.15) is 17.8 Å². The van der Waals surface area contributed by atoms with Gasteiger partial charge in [0.2, 0.25) is 0 Å². The first-order valence-electron chi connectivity index (χ1n) is 7.46. The lowest BCUT2D eigenvalue weighted by atomic mass is 10.2. The van der Waals surface area contributed by atoms with Crippen molar-refractivity contribution in [2.24, 2.45) is 0 Å². The summed E-state index contributed by atoms with van der Waals surface area (Å²) in [6.45, 7) is 1.48. The number of amides is 1.